The van der Waals surface area contributed by atoms with Crippen molar-refractivity contribution in [2.24, 2.45) is 0 Å². The van der Waals surface area contributed by atoms with E-state index in [9.17, 15) is 0 Å². The fraction of sp³-hybridized carbons (Fsp3) is 0.125. The lowest BCUT2D eigenvalue weighted by Gasteiger charge is -2.27. The summed E-state index contributed by atoms with van der Waals surface area (Å²) < 4.78 is 0. The molecule has 0 fully saturated rings. The Bertz CT molecular complexity index is 1330. The minimum absolute atomic E-state index is 0.0420. The molecule has 0 aromatic heterocycles. The average molecular weight is 458 g/mol. The molecular weight excluding hydrogens is 426 g/mol. The van der Waals surface area contributed by atoms with Crippen molar-refractivity contribution < 1.29 is 0 Å². The number of nitrogens with one attached hydrogen (secondary N) is 2. The third-order valence-corrected chi connectivity index (χ3v) is 6.12. The van der Waals surface area contributed by atoms with Crippen LogP contribution in [0.15, 0.2) is 110 Å². The molecule has 0 atom stereocenters. The van der Waals surface area contributed by atoms with Crippen LogP contribution in [-0.4, -0.2) is 11.7 Å². The number of hydrogen-bond donors (Lipinski definition) is 2. The molecule has 3 nitrogen and oxygen atoms in total. The third kappa shape index (κ3) is 5.30. The van der Waals surface area contributed by atoms with Crippen LogP contribution in [0.1, 0.15) is 43.0 Å². The molecule has 4 aromatic carbocycles. The van der Waals surface area contributed by atoms with Crippen LogP contribution in [0, 0.1) is 10.8 Å². The number of nitrogens with zero attached hydrogens (tertiary/aromatic N) is 1. The van der Waals surface area contributed by atoms with Crippen LogP contribution in [0.25, 0.3) is 17.2 Å². The molecule has 0 saturated heterocycles. The van der Waals surface area contributed by atoms with Crippen molar-refractivity contribution in [3.63, 3.8) is 0 Å². The van der Waals surface area contributed by atoms with Gasteiger partial charge in [0.25, 0.3) is 0 Å². The molecule has 2 N–H and O–H groups in total. The minimum atomic E-state index is 0.0420. The lowest BCUT2D eigenvalue weighted by atomic mass is 9.86. The largest absolute Gasteiger partial charge is 0.284 e. The van der Waals surface area contributed by atoms with Gasteiger partial charge in [0.2, 0.25) is 0 Å². The first kappa shape index (κ1) is 23.9. The number of benzene rings is 4. The summed E-state index contributed by atoms with van der Waals surface area (Å²) in [5.41, 5.74) is 6.83. The molecule has 0 unspecified atom stereocenters. The molecule has 0 amide bonds. The van der Waals surface area contributed by atoms with Gasteiger partial charge in [0, 0.05) is 16.8 Å². The lowest BCUT2D eigenvalue weighted by Crippen LogP contribution is -2.37. The van der Waals surface area contributed by atoms with Gasteiger partial charge >= 0.3 is 0 Å². The molecular formula is C32H31N3. The summed E-state index contributed by atoms with van der Waals surface area (Å²) in [4.78, 5) is 1.69. The zero-order chi connectivity index (χ0) is 25.0. The van der Waals surface area contributed by atoms with Crippen LogP contribution in [0.2, 0.25) is 0 Å². The SMILES string of the molecule is C=Cc1ccc(-c2ccc(C(=N)N(C(=N)c3ccc(C(C)(C)C)cc3)c3ccccc3)cc2)cc1. The molecule has 0 saturated carbocycles. The van der Waals surface area contributed by atoms with E-state index in [-0.39, 0.29) is 17.1 Å². The van der Waals surface area contributed by atoms with Crippen LogP contribution in [-0.2, 0) is 5.41 Å². The lowest BCUT2D eigenvalue weighted by molar-refractivity contribution is 0.590. The van der Waals surface area contributed by atoms with Gasteiger partial charge in [-0.1, -0.05) is 124 Å². The van der Waals surface area contributed by atoms with Gasteiger partial charge in [-0.2, -0.15) is 0 Å². The van der Waals surface area contributed by atoms with E-state index in [1.54, 1.807) is 4.90 Å². The molecule has 0 aliphatic heterocycles. The standard InChI is InChI=1S/C32H31N3/c1-5-23-11-13-24(14-12-23)25-15-17-26(18-16-25)30(33)35(29-9-7-6-8-10-29)31(34)27-19-21-28(22-20-27)32(2,3)4/h5-22,33-34H,1H2,2-4H3. The molecule has 0 spiro atoms. The number of anilines is 1. The van der Waals surface area contributed by atoms with E-state index in [2.05, 4.69) is 51.6 Å². The van der Waals surface area contributed by atoms with Crippen molar-refractivity contribution in [3.8, 4) is 11.1 Å². The molecule has 0 heterocycles. The molecule has 174 valence electrons. The summed E-state index contributed by atoms with van der Waals surface area (Å²) >= 11 is 0. The molecule has 4 rings (SSSR count). The van der Waals surface area contributed by atoms with Gasteiger partial charge in [0.15, 0.2) is 0 Å². The van der Waals surface area contributed by atoms with Gasteiger partial charge in [-0.15, -0.1) is 0 Å². The average Bonchev–Trinajstić information content (AvgIpc) is 2.89. The minimum Gasteiger partial charge on any atom is -0.284 e. The van der Waals surface area contributed by atoms with Gasteiger partial charge in [0.05, 0.1) is 0 Å². The summed E-state index contributed by atoms with van der Waals surface area (Å²) in [6, 6.07) is 34.0. The second-order valence-corrected chi connectivity index (χ2v) is 9.60. The normalized spacial score (nSPS) is 11.1. The Morgan fingerprint density at radius 2 is 1.11 bits per heavy atom. The van der Waals surface area contributed by atoms with Crippen LogP contribution in [0.4, 0.5) is 5.69 Å². The quantitative estimate of drug-likeness (QED) is 0.230. The summed E-state index contributed by atoms with van der Waals surface area (Å²) in [7, 11) is 0. The molecule has 0 bridgehead atoms. The van der Waals surface area contributed by atoms with Gasteiger partial charge in [-0.25, -0.2) is 0 Å². The Kier molecular flexibility index (Phi) is 6.79. The second-order valence-electron chi connectivity index (χ2n) is 9.60. The van der Waals surface area contributed by atoms with Crippen molar-refractivity contribution in [2.45, 2.75) is 26.2 Å². The molecule has 4 aromatic rings. The summed E-state index contributed by atoms with van der Waals surface area (Å²) in [5.74, 6) is 0.528. The number of amidine groups is 2. The van der Waals surface area contributed by atoms with Gasteiger partial charge in [-0.05, 0) is 39.8 Å². The second kappa shape index (κ2) is 9.94. The maximum atomic E-state index is 9.05. The van der Waals surface area contributed by atoms with Crippen molar-refractivity contribution in [3.05, 3.63) is 132 Å². The Morgan fingerprint density at radius 3 is 1.57 bits per heavy atom. The monoisotopic (exact) mass is 457 g/mol. The number of hydrogen-bond acceptors (Lipinski definition) is 2. The maximum absolute atomic E-state index is 9.05. The van der Waals surface area contributed by atoms with Crippen LogP contribution in [0.3, 0.4) is 0 Å². The summed E-state index contributed by atoms with van der Waals surface area (Å²) in [5, 5.41) is 18.1. The van der Waals surface area contributed by atoms with Crippen molar-refractivity contribution in [1.29, 1.82) is 10.8 Å². The first-order chi connectivity index (χ1) is 16.8. The third-order valence-electron chi connectivity index (χ3n) is 6.12. The highest BCUT2D eigenvalue weighted by Gasteiger charge is 2.21. The molecule has 0 radical (unpaired) electrons. The zero-order valence-corrected chi connectivity index (χ0v) is 20.5. The van der Waals surface area contributed by atoms with E-state index >= 15 is 0 Å². The van der Waals surface area contributed by atoms with Crippen LogP contribution in [0.5, 0.6) is 0 Å². The van der Waals surface area contributed by atoms with E-state index in [0.717, 1.165) is 33.5 Å². The van der Waals surface area contributed by atoms with Crippen LogP contribution >= 0.6 is 0 Å². The van der Waals surface area contributed by atoms with Crippen molar-refractivity contribution >= 4 is 23.4 Å². The first-order valence-electron chi connectivity index (χ1n) is 11.7. The summed E-state index contributed by atoms with van der Waals surface area (Å²) in [6.07, 6.45) is 1.83. The molecule has 3 heteroatoms. The van der Waals surface area contributed by atoms with Gasteiger partial charge in [0.1, 0.15) is 11.7 Å². The maximum Gasteiger partial charge on any atom is 0.138 e. The Hall–Kier alpha value is -4.24. The summed E-state index contributed by atoms with van der Waals surface area (Å²) in [6.45, 7) is 10.3. The predicted molar refractivity (Wildman–Crippen MR) is 150 cm³/mol. The van der Waals surface area contributed by atoms with Crippen LogP contribution < -0.4 is 4.90 Å². The van der Waals surface area contributed by atoms with Crippen molar-refractivity contribution in [1.82, 2.24) is 0 Å². The molecule has 0 aliphatic rings. The highest BCUT2D eigenvalue weighted by molar-refractivity contribution is 6.27. The predicted octanol–water partition coefficient (Wildman–Crippen LogP) is 8.15. The topological polar surface area (TPSA) is 50.9 Å². The van der Waals surface area contributed by atoms with Gasteiger partial charge < -0.3 is 0 Å². The Morgan fingerprint density at radius 1 is 0.657 bits per heavy atom. The van der Waals surface area contributed by atoms with Crippen molar-refractivity contribution in [2.75, 3.05) is 4.90 Å². The zero-order valence-electron chi connectivity index (χ0n) is 20.5. The Balaban J connectivity index is 1.66. The van der Waals surface area contributed by atoms with Gasteiger partial charge in [-0.3, -0.25) is 15.7 Å². The fourth-order valence-corrected chi connectivity index (χ4v) is 3.97. The molecule has 0 aliphatic carbocycles. The first-order valence-corrected chi connectivity index (χ1v) is 11.7. The Labute approximate surface area is 208 Å². The highest BCUT2D eigenvalue weighted by Crippen LogP contribution is 2.26. The van der Waals surface area contributed by atoms with E-state index < -0.39 is 0 Å². The fourth-order valence-electron chi connectivity index (χ4n) is 3.97. The van der Waals surface area contributed by atoms with E-state index in [4.69, 9.17) is 10.8 Å². The van der Waals surface area contributed by atoms with E-state index in [1.807, 2.05) is 84.9 Å². The van der Waals surface area contributed by atoms with E-state index in [0.29, 0.717) is 0 Å². The highest BCUT2D eigenvalue weighted by atomic mass is 15.2. The van der Waals surface area contributed by atoms with E-state index in [1.165, 1.54) is 5.56 Å². The number of rotatable bonds is 5. The smallest absolute Gasteiger partial charge is 0.138 e. The molecule has 35 heavy (non-hydrogen) atoms. The number of para-hydroxylation sites is 1.